The molecule has 0 unspecified atom stereocenters. The molecule has 12 heavy (non-hydrogen) atoms. The van der Waals surface area contributed by atoms with E-state index in [4.69, 9.17) is 22.1 Å². The number of halogens is 1. The number of methoxy groups -OCH3 is 1. The van der Waals surface area contributed by atoms with Gasteiger partial charge in [0, 0.05) is 12.4 Å². The molecule has 0 saturated carbocycles. The summed E-state index contributed by atoms with van der Waals surface area (Å²) >= 11 is 5.50. The molecule has 0 aliphatic rings. The molecule has 0 bridgehead atoms. The molecule has 2 N–H and O–H groups in total. The number of pyridine rings is 1. The Kier molecular flexibility index (Phi) is 5.73. The van der Waals surface area contributed by atoms with Gasteiger partial charge in [-0.05, 0) is 6.07 Å². The molecule has 0 atom stereocenters. The van der Waals surface area contributed by atoms with Crippen molar-refractivity contribution in [3.05, 3.63) is 23.5 Å². The molecule has 4 nitrogen and oxygen atoms in total. The third kappa shape index (κ3) is 5.49. The molecule has 0 aliphatic heterocycles. The minimum Gasteiger partial charge on any atom is -0.471 e. The fraction of sp³-hybridized carbons (Fsp3) is 0.143. The van der Waals surface area contributed by atoms with Crippen molar-refractivity contribution in [3.8, 4) is 0 Å². The van der Waals surface area contributed by atoms with E-state index >= 15 is 0 Å². The normalized spacial score (nSPS) is 7.83. The second kappa shape index (κ2) is 6.42. The van der Waals surface area contributed by atoms with Gasteiger partial charge in [0.05, 0.1) is 17.8 Å². The monoisotopic (exact) mass is 188 g/mol. The Morgan fingerprint density at radius 3 is 2.50 bits per heavy atom. The van der Waals surface area contributed by atoms with E-state index < -0.39 is 0 Å². The van der Waals surface area contributed by atoms with Gasteiger partial charge < -0.3 is 10.5 Å². The molecule has 1 rings (SSSR count). The van der Waals surface area contributed by atoms with E-state index in [0.717, 1.165) is 0 Å². The largest absolute Gasteiger partial charge is 0.471 e. The molecule has 1 aromatic rings. The third-order valence-corrected chi connectivity index (χ3v) is 1.03. The van der Waals surface area contributed by atoms with Gasteiger partial charge in [0.1, 0.15) is 0 Å². The molecular formula is C7H9ClN2O2. The van der Waals surface area contributed by atoms with Crippen molar-refractivity contribution in [1.29, 1.82) is 0 Å². The van der Waals surface area contributed by atoms with E-state index in [0.29, 0.717) is 17.2 Å². The van der Waals surface area contributed by atoms with Crippen molar-refractivity contribution in [3.63, 3.8) is 0 Å². The molecule has 0 aliphatic carbocycles. The van der Waals surface area contributed by atoms with E-state index in [2.05, 4.69) is 9.72 Å². The summed E-state index contributed by atoms with van der Waals surface area (Å²) in [6.45, 7) is 0.375. The smallest absolute Gasteiger partial charge is 0.292 e. The van der Waals surface area contributed by atoms with E-state index in [9.17, 15) is 0 Å². The SMILES string of the molecule is COC=O.Nc1cncc(Cl)c1. The first-order valence-corrected chi connectivity index (χ1v) is 3.41. The topological polar surface area (TPSA) is 65.2 Å². The van der Waals surface area contributed by atoms with Gasteiger partial charge in [-0.15, -0.1) is 0 Å². The Morgan fingerprint density at radius 2 is 2.25 bits per heavy atom. The highest BCUT2D eigenvalue weighted by molar-refractivity contribution is 6.30. The number of nitrogens with zero attached hydrogens (tertiary/aromatic N) is 1. The summed E-state index contributed by atoms with van der Waals surface area (Å²) in [5.41, 5.74) is 5.91. The summed E-state index contributed by atoms with van der Waals surface area (Å²) in [7, 11) is 1.31. The van der Waals surface area contributed by atoms with Crippen molar-refractivity contribution in [2.45, 2.75) is 0 Å². The van der Waals surface area contributed by atoms with Gasteiger partial charge in [0.15, 0.2) is 0 Å². The van der Waals surface area contributed by atoms with Crippen LogP contribution in [0.3, 0.4) is 0 Å². The Labute approximate surface area is 75.3 Å². The van der Waals surface area contributed by atoms with Crippen LogP contribution in [0, 0.1) is 0 Å². The van der Waals surface area contributed by atoms with Crippen molar-refractivity contribution in [2.75, 3.05) is 12.8 Å². The van der Waals surface area contributed by atoms with Gasteiger partial charge >= 0.3 is 0 Å². The summed E-state index contributed by atoms with van der Waals surface area (Å²) in [6, 6.07) is 1.65. The molecule has 66 valence electrons. The first-order chi connectivity index (χ1) is 5.70. The lowest BCUT2D eigenvalue weighted by Gasteiger charge is -1.88. The van der Waals surface area contributed by atoms with Crippen LogP contribution in [-0.4, -0.2) is 18.6 Å². The Hall–Kier alpha value is -1.29. The highest BCUT2D eigenvalue weighted by Gasteiger charge is 1.84. The predicted molar refractivity (Wildman–Crippen MR) is 46.7 cm³/mol. The van der Waals surface area contributed by atoms with Crippen LogP contribution in [0.1, 0.15) is 0 Å². The lowest BCUT2D eigenvalue weighted by atomic mass is 10.4. The van der Waals surface area contributed by atoms with Gasteiger partial charge in [-0.3, -0.25) is 9.78 Å². The van der Waals surface area contributed by atoms with Crippen LogP contribution in [-0.2, 0) is 9.53 Å². The average Bonchev–Trinajstić information content (AvgIpc) is 2.04. The molecule has 0 spiro atoms. The van der Waals surface area contributed by atoms with E-state index in [1.165, 1.54) is 13.3 Å². The first-order valence-electron chi connectivity index (χ1n) is 3.03. The Morgan fingerprint density at radius 1 is 1.67 bits per heavy atom. The number of hydrogen-bond acceptors (Lipinski definition) is 4. The zero-order valence-corrected chi connectivity index (χ0v) is 7.28. The van der Waals surface area contributed by atoms with Gasteiger partial charge in [-0.25, -0.2) is 0 Å². The fourth-order valence-electron chi connectivity index (χ4n) is 0.428. The minimum absolute atomic E-state index is 0.375. The number of anilines is 1. The number of aromatic nitrogens is 1. The number of nitrogens with two attached hydrogens (primary N) is 1. The molecule has 0 fully saturated rings. The van der Waals surface area contributed by atoms with Crippen molar-refractivity contribution >= 4 is 23.8 Å². The summed E-state index contributed by atoms with van der Waals surface area (Å²) in [5, 5.41) is 0.574. The highest BCUT2D eigenvalue weighted by atomic mass is 35.5. The lowest BCUT2D eigenvalue weighted by Crippen LogP contribution is -1.83. The van der Waals surface area contributed by atoms with Crippen LogP contribution in [0.15, 0.2) is 18.5 Å². The van der Waals surface area contributed by atoms with E-state index in [1.807, 2.05) is 0 Å². The first kappa shape index (κ1) is 10.7. The van der Waals surface area contributed by atoms with Crippen molar-refractivity contribution in [2.24, 2.45) is 0 Å². The average molecular weight is 189 g/mol. The summed E-state index contributed by atoms with van der Waals surface area (Å²) in [5.74, 6) is 0. The second-order valence-electron chi connectivity index (χ2n) is 1.77. The zero-order valence-electron chi connectivity index (χ0n) is 6.53. The molecule has 0 aromatic carbocycles. The molecule has 0 radical (unpaired) electrons. The van der Waals surface area contributed by atoms with Crippen molar-refractivity contribution in [1.82, 2.24) is 4.98 Å². The quantitative estimate of drug-likeness (QED) is 0.671. The van der Waals surface area contributed by atoms with Gasteiger partial charge in [0.2, 0.25) is 0 Å². The van der Waals surface area contributed by atoms with Crippen LogP contribution >= 0.6 is 11.6 Å². The molecule has 5 heteroatoms. The molecular weight excluding hydrogens is 180 g/mol. The van der Waals surface area contributed by atoms with E-state index in [-0.39, 0.29) is 0 Å². The maximum absolute atomic E-state index is 8.95. The summed E-state index contributed by atoms with van der Waals surface area (Å²) in [4.78, 5) is 12.7. The summed E-state index contributed by atoms with van der Waals surface area (Å²) in [6.07, 6.45) is 3.09. The second-order valence-corrected chi connectivity index (χ2v) is 2.20. The van der Waals surface area contributed by atoms with Crippen molar-refractivity contribution < 1.29 is 9.53 Å². The molecule has 1 aromatic heterocycles. The minimum atomic E-state index is 0.375. The number of hydrogen-bond donors (Lipinski definition) is 1. The van der Waals surface area contributed by atoms with Crippen LogP contribution < -0.4 is 5.73 Å². The van der Waals surface area contributed by atoms with Crippen LogP contribution in [0.25, 0.3) is 0 Å². The van der Waals surface area contributed by atoms with Crippen LogP contribution in [0.5, 0.6) is 0 Å². The van der Waals surface area contributed by atoms with Crippen LogP contribution in [0.4, 0.5) is 5.69 Å². The lowest BCUT2D eigenvalue weighted by molar-refractivity contribution is -0.126. The van der Waals surface area contributed by atoms with Gasteiger partial charge in [-0.2, -0.15) is 0 Å². The Balaban J connectivity index is 0.000000261. The number of ether oxygens (including phenoxy) is 1. The Bertz CT molecular complexity index is 225. The maximum Gasteiger partial charge on any atom is 0.292 e. The molecule has 1 heterocycles. The number of carbonyl (C=O) groups is 1. The maximum atomic E-state index is 8.95. The number of carbonyl (C=O) groups excluding carboxylic acids is 1. The predicted octanol–water partition coefficient (Wildman–Crippen LogP) is 1.11. The van der Waals surface area contributed by atoms with Gasteiger partial charge in [-0.1, -0.05) is 11.6 Å². The van der Waals surface area contributed by atoms with Crippen LogP contribution in [0.2, 0.25) is 5.02 Å². The van der Waals surface area contributed by atoms with E-state index in [1.54, 1.807) is 12.3 Å². The standard InChI is InChI=1S/C5H5ClN2.C2H4O2/c6-4-1-5(7)3-8-2-4;1-4-2-3/h1-3H,7H2;2H,1H3. The number of nitrogen functional groups attached to an aromatic ring is 1. The summed E-state index contributed by atoms with van der Waals surface area (Å²) < 4.78 is 3.86. The molecule has 0 amide bonds. The fourth-order valence-corrected chi connectivity index (χ4v) is 0.611. The van der Waals surface area contributed by atoms with Gasteiger partial charge in [0.25, 0.3) is 6.47 Å². The zero-order chi connectivity index (χ0) is 9.40. The molecule has 0 saturated heterocycles. The highest BCUT2D eigenvalue weighted by Crippen LogP contribution is 2.08. The number of rotatable bonds is 1. The third-order valence-electron chi connectivity index (χ3n) is 0.822.